The summed E-state index contributed by atoms with van der Waals surface area (Å²) in [5, 5.41) is 60.2. The first-order valence-electron chi connectivity index (χ1n) is 9.88. The van der Waals surface area contributed by atoms with Gasteiger partial charge in [0.25, 0.3) is 0 Å². The number of rotatable bonds is 4. The number of aliphatic hydroxyl groups is 3. The van der Waals surface area contributed by atoms with Crippen LogP contribution in [0.25, 0.3) is 22.3 Å². The number of aromatic hydroxyl groups is 3. The monoisotopic (exact) mass is 462 g/mol. The van der Waals surface area contributed by atoms with Crippen LogP contribution in [0.4, 0.5) is 0 Å². The van der Waals surface area contributed by atoms with Gasteiger partial charge in [0.05, 0.1) is 13.2 Å². The lowest BCUT2D eigenvalue weighted by molar-refractivity contribution is -0.268. The van der Waals surface area contributed by atoms with Gasteiger partial charge in [-0.1, -0.05) is 0 Å². The van der Waals surface area contributed by atoms with E-state index in [9.17, 15) is 35.4 Å². The van der Waals surface area contributed by atoms with Crippen LogP contribution in [0, 0.1) is 0 Å². The molecule has 0 radical (unpaired) electrons. The van der Waals surface area contributed by atoms with E-state index in [4.69, 9.17) is 18.6 Å². The van der Waals surface area contributed by atoms with Gasteiger partial charge >= 0.3 is 0 Å². The molecule has 11 heteroatoms. The van der Waals surface area contributed by atoms with Crippen molar-refractivity contribution in [3.63, 3.8) is 0 Å². The minimum Gasteiger partial charge on any atom is -0.508 e. The summed E-state index contributed by atoms with van der Waals surface area (Å²) in [4.78, 5) is 13.3. The molecule has 3 aromatic rings. The van der Waals surface area contributed by atoms with E-state index in [0.29, 0.717) is 0 Å². The summed E-state index contributed by atoms with van der Waals surface area (Å²) >= 11 is 0. The Hall–Kier alpha value is -3.51. The van der Waals surface area contributed by atoms with E-state index < -0.39 is 47.6 Å². The highest BCUT2D eigenvalue weighted by atomic mass is 16.7. The molecule has 0 saturated carbocycles. The Morgan fingerprint density at radius 3 is 2.33 bits per heavy atom. The number of fused-ring (bicyclic) bond motifs is 1. The zero-order valence-corrected chi connectivity index (χ0v) is 17.5. The fourth-order valence-electron chi connectivity index (χ4n) is 3.62. The first-order chi connectivity index (χ1) is 15.6. The molecule has 1 aromatic heterocycles. The van der Waals surface area contributed by atoms with Crippen LogP contribution in [0.1, 0.15) is 6.92 Å². The van der Waals surface area contributed by atoms with Crippen LogP contribution in [0.3, 0.4) is 0 Å². The highest BCUT2D eigenvalue weighted by molar-refractivity contribution is 5.88. The molecule has 1 aliphatic rings. The molecule has 0 amide bonds. The van der Waals surface area contributed by atoms with Crippen molar-refractivity contribution in [1.82, 2.24) is 0 Å². The second-order valence-corrected chi connectivity index (χ2v) is 7.61. The lowest BCUT2D eigenvalue weighted by Gasteiger charge is -2.38. The van der Waals surface area contributed by atoms with Crippen LogP contribution in [-0.2, 0) is 4.74 Å². The van der Waals surface area contributed by atoms with Crippen molar-refractivity contribution in [3.8, 4) is 40.1 Å². The highest BCUT2D eigenvalue weighted by Gasteiger charge is 2.44. The Labute approximate surface area is 186 Å². The van der Waals surface area contributed by atoms with Gasteiger partial charge in [-0.2, -0.15) is 0 Å². The number of hydrogen-bond acceptors (Lipinski definition) is 11. The van der Waals surface area contributed by atoms with E-state index in [-0.39, 0.29) is 39.5 Å². The maximum Gasteiger partial charge on any atom is 0.239 e. The van der Waals surface area contributed by atoms with Crippen molar-refractivity contribution in [2.45, 2.75) is 37.6 Å². The van der Waals surface area contributed by atoms with Gasteiger partial charge in [-0.25, -0.2) is 0 Å². The summed E-state index contributed by atoms with van der Waals surface area (Å²) < 4.78 is 21.8. The molecule has 1 aliphatic heterocycles. The maximum absolute atomic E-state index is 13.3. The second-order valence-electron chi connectivity index (χ2n) is 7.61. The number of phenolic OH excluding ortho intramolecular Hbond substituents is 3. The summed E-state index contributed by atoms with van der Waals surface area (Å²) in [5.74, 6) is -1.80. The number of methoxy groups -OCH3 is 1. The predicted octanol–water partition coefficient (Wildman–Crippen LogP) is 0.792. The van der Waals surface area contributed by atoms with Crippen molar-refractivity contribution in [2.24, 2.45) is 0 Å². The van der Waals surface area contributed by atoms with Crippen molar-refractivity contribution in [1.29, 1.82) is 0 Å². The molecule has 2 aromatic carbocycles. The summed E-state index contributed by atoms with van der Waals surface area (Å²) in [7, 11) is 1.35. The standard InChI is InChI=1S/C22H22O11/c1-8-16(26)18(28)19(29)22(31-8)33-21-17(27)15-12(25)6-10(23)7-14(15)32-20(21)9-3-4-13(30-2)11(24)5-9/h3-8,16,18-19,22-26,28-29H,1-2H3/t8-,16-,18+,19+,22-/m0/s1. The second kappa shape index (κ2) is 8.45. The first kappa shape index (κ1) is 22.7. The van der Waals surface area contributed by atoms with Crippen molar-refractivity contribution in [2.75, 3.05) is 7.11 Å². The first-order valence-corrected chi connectivity index (χ1v) is 9.88. The van der Waals surface area contributed by atoms with Crippen LogP contribution >= 0.6 is 0 Å². The van der Waals surface area contributed by atoms with Gasteiger partial charge < -0.3 is 49.3 Å². The molecule has 11 nitrogen and oxygen atoms in total. The van der Waals surface area contributed by atoms with Crippen LogP contribution in [0.15, 0.2) is 39.5 Å². The third-order valence-electron chi connectivity index (χ3n) is 5.40. The Morgan fingerprint density at radius 1 is 0.939 bits per heavy atom. The number of aliphatic hydroxyl groups excluding tert-OH is 3. The van der Waals surface area contributed by atoms with Crippen LogP contribution in [0.2, 0.25) is 0 Å². The Balaban J connectivity index is 1.91. The average molecular weight is 462 g/mol. The largest absolute Gasteiger partial charge is 0.508 e. The Kier molecular flexibility index (Phi) is 5.80. The summed E-state index contributed by atoms with van der Waals surface area (Å²) in [6.45, 7) is 1.44. The zero-order valence-electron chi connectivity index (χ0n) is 17.5. The molecule has 0 spiro atoms. The van der Waals surface area contributed by atoms with Crippen molar-refractivity contribution < 1.29 is 49.3 Å². The van der Waals surface area contributed by atoms with E-state index >= 15 is 0 Å². The predicted molar refractivity (Wildman–Crippen MR) is 112 cm³/mol. The van der Waals surface area contributed by atoms with E-state index in [1.54, 1.807) is 0 Å². The normalized spacial score (nSPS) is 25.2. The fraction of sp³-hybridized carbons (Fsp3) is 0.318. The Morgan fingerprint density at radius 2 is 1.67 bits per heavy atom. The van der Waals surface area contributed by atoms with E-state index in [2.05, 4.69) is 0 Å². The lowest BCUT2D eigenvalue weighted by atomic mass is 10.00. The van der Waals surface area contributed by atoms with Gasteiger partial charge in [0.2, 0.25) is 17.5 Å². The average Bonchev–Trinajstić information content (AvgIpc) is 2.76. The smallest absolute Gasteiger partial charge is 0.239 e. The van der Waals surface area contributed by atoms with Crippen molar-refractivity contribution in [3.05, 3.63) is 40.6 Å². The third-order valence-corrected chi connectivity index (χ3v) is 5.40. The highest BCUT2D eigenvalue weighted by Crippen LogP contribution is 2.39. The molecule has 0 unspecified atom stereocenters. The van der Waals surface area contributed by atoms with Crippen LogP contribution in [0.5, 0.6) is 28.7 Å². The van der Waals surface area contributed by atoms with Gasteiger partial charge in [-0.15, -0.1) is 0 Å². The van der Waals surface area contributed by atoms with E-state index in [1.165, 1.54) is 32.2 Å². The number of ether oxygens (including phenoxy) is 3. The number of benzene rings is 2. The van der Waals surface area contributed by atoms with E-state index in [0.717, 1.165) is 12.1 Å². The molecule has 33 heavy (non-hydrogen) atoms. The SMILES string of the molecule is COc1ccc(-c2oc3cc(O)cc(O)c3c(=O)c2O[C@@H]2O[C@@H](C)[C@H](O)[C@@H](O)[C@H]2O)cc1O. The van der Waals surface area contributed by atoms with Crippen LogP contribution in [-0.4, -0.2) is 68.5 Å². The quantitative estimate of drug-likeness (QED) is 0.323. The minimum atomic E-state index is -1.73. The topological polar surface area (TPSA) is 179 Å². The molecule has 5 atom stereocenters. The van der Waals surface area contributed by atoms with Gasteiger partial charge in [0, 0.05) is 17.7 Å². The Bertz CT molecular complexity index is 1250. The number of hydrogen-bond donors (Lipinski definition) is 6. The van der Waals surface area contributed by atoms with Gasteiger partial charge in [0.15, 0.2) is 17.3 Å². The van der Waals surface area contributed by atoms with Gasteiger partial charge in [0.1, 0.15) is 40.8 Å². The summed E-state index contributed by atoms with van der Waals surface area (Å²) in [6.07, 6.45) is -7.26. The van der Waals surface area contributed by atoms with Crippen molar-refractivity contribution >= 4 is 11.0 Å². The molecule has 176 valence electrons. The molecule has 6 N–H and O–H groups in total. The van der Waals surface area contributed by atoms with Gasteiger partial charge in [-0.3, -0.25) is 4.79 Å². The molecule has 2 heterocycles. The molecular weight excluding hydrogens is 440 g/mol. The minimum absolute atomic E-state index is 0.150. The zero-order chi connectivity index (χ0) is 24.0. The molecular formula is C22H22O11. The summed E-state index contributed by atoms with van der Waals surface area (Å²) in [5.41, 5.74) is -0.892. The third kappa shape index (κ3) is 3.91. The van der Waals surface area contributed by atoms with Crippen LogP contribution < -0.4 is 14.9 Å². The maximum atomic E-state index is 13.3. The molecule has 0 bridgehead atoms. The molecule has 4 rings (SSSR count). The van der Waals surface area contributed by atoms with Gasteiger partial charge in [-0.05, 0) is 25.1 Å². The lowest BCUT2D eigenvalue weighted by Crippen LogP contribution is -2.58. The number of phenols is 3. The van der Waals surface area contributed by atoms with E-state index in [1.807, 2.05) is 0 Å². The molecule has 1 saturated heterocycles. The molecule has 1 fully saturated rings. The fourth-order valence-corrected chi connectivity index (χ4v) is 3.62. The molecule has 0 aliphatic carbocycles. The summed E-state index contributed by atoms with van der Waals surface area (Å²) in [6, 6.07) is 6.15.